The molecular weight excluding hydrogens is 256 g/mol. The number of hydrogen-bond acceptors (Lipinski definition) is 2. The summed E-state index contributed by atoms with van der Waals surface area (Å²) in [4.78, 5) is 0. The van der Waals surface area contributed by atoms with Gasteiger partial charge in [-0.25, -0.2) is 0 Å². The molecule has 3 heteroatoms. The minimum Gasteiger partial charge on any atom is -0.378 e. The molecule has 82 valence electrons. The molecule has 1 heterocycles. The maximum atomic E-state index is 5.66. The average molecular weight is 271 g/mol. The fourth-order valence-electron chi connectivity index (χ4n) is 2.03. The second-order valence-electron chi connectivity index (χ2n) is 3.86. The summed E-state index contributed by atoms with van der Waals surface area (Å²) in [5.41, 5.74) is 0.965. The molecule has 1 fully saturated rings. The van der Waals surface area contributed by atoms with E-state index in [1.807, 2.05) is 12.1 Å². The molecule has 0 bridgehead atoms. The van der Waals surface area contributed by atoms with E-state index in [0.717, 1.165) is 23.9 Å². The summed E-state index contributed by atoms with van der Waals surface area (Å²) in [5, 5.41) is 0. The smallest absolute Gasteiger partial charge is 0.116 e. The summed E-state index contributed by atoms with van der Waals surface area (Å²) in [7, 11) is 1.76. The molecule has 0 aliphatic carbocycles. The Morgan fingerprint density at radius 1 is 1.33 bits per heavy atom. The van der Waals surface area contributed by atoms with Gasteiger partial charge in [0, 0.05) is 18.2 Å². The van der Waals surface area contributed by atoms with Crippen LogP contribution in [0.2, 0.25) is 0 Å². The van der Waals surface area contributed by atoms with Crippen LogP contribution in [-0.4, -0.2) is 20.3 Å². The standard InChI is InChI=1S/C12H15BrO2/c1-14-12(7-2-8-15-9-12)10-3-5-11(13)6-4-10/h3-6H,2,7-9H2,1H3. The van der Waals surface area contributed by atoms with Gasteiger partial charge in [-0.05, 0) is 30.5 Å². The van der Waals surface area contributed by atoms with Crippen molar-refractivity contribution in [3.63, 3.8) is 0 Å². The summed E-state index contributed by atoms with van der Waals surface area (Å²) in [6, 6.07) is 8.29. The van der Waals surface area contributed by atoms with Crippen LogP contribution in [0.5, 0.6) is 0 Å². The van der Waals surface area contributed by atoms with Crippen LogP contribution in [-0.2, 0) is 15.1 Å². The molecule has 1 aromatic carbocycles. The predicted octanol–water partition coefficient (Wildman–Crippen LogP) is 3.10. The van der Waals surface area contributed by atoms with E-state index in [1.54, 1.807) is 7.11 Å². The Morgan fingerprint density at radius 2 is 2.07 bits per heavy atom. The highest BCUT2D eigenvalue weighted by Crippen LogP contribution is 2.34. The van der Waals surface area contributed by atoms with E-state index in [1.165, 1.54) is 5.56 Å². The Balaban J connectivity index is 2.28. The molecule has 1 saturated heterocycles. The van der Waals surface area contributed by atoms with E-state index in [0.29, 0.717) is 6.61 Å². The molecule has 0 spiro atoms. The molecule has 0 radical (unpaired) electrons. The second kappa shape index (κ2) is 4.64. The third-order valence-corrected chi connectivity index (χ3v) is 3.49. The Labute approximate surface area is 98.7 Å². The van der Waals surface area contributed by atoms with Gasteiger partial charge < -0.3 is 9.47 Å². The third-order valence-electron chi connectivity index (χ3n) is 2.97. The maximum Gasteiger partial charge on any atom is 0.116 e. The molecule has 2 nitrogen and oxygen atoms in total. The van der Waals surface area contributed by atoms with Crippen molar-refractivity contribution >= 4 is 15.9 Å². The van der Waals surface area contributed by atoms with E-state index >= 15 is 0 Å². The van der Waals surface area contributed by atoms with Gasteiger partial charge in [-0.2, -0.15) is 0 Å². The SMILES string of the molecule is COC1(c2ccc(Br)cc2)CCCOC1. The topological polar surface area (TPSA) is 18.5 Å². The van der Waals surface area contributed by atoms with Crippen LogP contribution in [0.15, 0.2) is 28.7 Å². The number of halogens is 1. The minimum absolute atomic E-state index is 0.237. The van der Waals surface area contributed by atoms with Crippen molar-refractivity contribution < 1.29 is 9.47 Å². The number of ether oxygens (including phenoxy) is 2. The zero-order valence-electron chi connectivity index (χ0n) is 8.83. The van der Waals surface area contributed by atoms with Crippen molar-refractivity contribution in [2.75, 3.05) is 20.3 Å². The van der Waals surface area contributed by atoms with Crippen molar-refractivity contribution in [2.45, 2.75) is 18.4 Å². The zero-order chi connectivity index (χ0) is 10.7. The lowest BCUT2D eigenvalue weighted by Gasteiger charge is -2.36. The molecular formula is C12H15BrO2. The van der Waals surface area contributed by atoms with Crippen LogP contribution in [0.4, 0.5) is 0 Å². The van der Waals surface area contributed by atoms with Gasteiger partial charge in [-0.15, -0.1) is 0 Å². The summed E-state index contributed by atoms with van der Waals surface area (Å²) in [5.74, 6) is 0. The number of methoxy groups -OCH3 is 1. The van der Waals surface area contributed by atoms with Crippen molar-refractivity contribution in [2.24, 2.45) is 0 Å². The summed E-state index contributed by atoms with van der Waals surface area (Å²) in [6.07, 6.45) is 2.09. The first kappa shape index (κ1) is 11.1. The molecule has 1 unspecified atom stereocenters. The number of rotatable bonds is 2. The normalized spacial score (nSPS) is 26.5. The van der Waals surface area contributed by atoms with Gasteiger partial charge in [-0.3, -0.25) is 0 Å². The zero-order valence-corrected chi connectivity index (χ0v) is 10.4. The van der Waals surface area contributed by atoms with Crippen molar-refractivity contribution in [3.05, 3.63) is 34.3 Å². The monoisotopic (exact) mass is 270 g/mol. The lowest BCUT2D eigenvalue weighted by Crippen LogP contribution is -2.37. The van der Waals surface area contributed by atoms with Gasteiger partial charge in [-0.1, -0.05) is 28.1 Å². The highest BCUT2D eigenvalue weighted by molar-refractivity contribution is 9.10. The van der Waals surface area contributed by atoms with Gasteiger partial charge in [0.1, 0.15) is 5.60 Å². The van der Waals surface area contributed by atoms with E-state index in [4.69, 9.17) is 9.47 Å². The lowest BCUT2D eigenvalue weighted by molar-refractivity contribution is -0.115. The van der Waals surface area contributed by atoms with Crippen LogP contribution >= 0.6 is 15.9 Å². The van der Waals surface area contributed by atoms with Crippen LogP contribution in [0.25, 0.3) is 0 Å². The van der Waals surface area contributed by atoms with Gasteiger partial charge in [0.05, 0.1) is 6.61 Å². The highest BCUT2D eigenvalue weighted by Gasteiger charge is 2.34. The summed E-state index contributed by atoms with van der Waals surface area (Å²) < 4.78 is 12.3. The fraction of sp³-hybridized carbons (Fsp3) is 0.500. The summed E-state index contributed by atoms with van der Waals surface area (Å²) >= 11 is 3.44. The molecule has 1 aliphatic rings. The predicted molar refractivity (Wildman–Crippen MR) is 62.9 cm³/mol. The molecule has 0 saturated carbocycles. The van der Waals surface area contributed by atoms with Crippen LogP contribution in [0, 0.1) is 0 Å². The van der Waals surface area contributed by atoms with Gasteiger partial charge >= 0.3 is 0 Å². The first-order valence-electron chi connectivity index (χ1n) is 5.16. The average Bonchev–Trinajstić information content (AvgIpc) is 2.31. The highest BCUT2D eigenvalue weighted by atomic mass is 79.9. The molecule has 1 aromatic rings. The quantitative estimate of drug-likeness (QED) is 0.822. The van der Waals surface area contributed by atoms with E-state index in [9.17, 15) is 0 Å². The first-order chi connectivity index (χ1) is 7.27. The Morgan fingerprint density at radius 3 is 2.60 bits per heavy atom. The van der Waals surface area contributed by atoms with Gasteiger partial charge in [0.15, 0.2) is 0 Å². The Bertz CT molecular complexity index is 315. The van der Waals surface area contributed by atoms with E-state index < -0.39 is 0 Å². The van der Waals surface area contributed by atoms with Crippen molar-refractivity contribution in [1.29, 1.82) is 0 Å². The van der Waals surface area contributed by atoms with Crippen molar-refractivity contribution in [1.82, 2.24) is 0 Å². The van der Waals surface area contributed by atoms with Gasteiger partial charge in [0.25, 0.3) is 0 Å². The molecule has 0 aromatic heterocycles. The second-order valence-corrected chi connectivity index (χ2v) is 4.78. The lowest BCUT2D eigenvalue weighted by atomic mass is 9.88. The number of hydrogen-bond donors (Lipinski definition) is 0. The van der Waals surface area contributed by atoms with Gasteiger partial charge in [0.2, 0.25) is 0 Å². The van der Waals surface area contributed by atoms with Crippen LogP contribution < -0.4 is 0 Å². The van der Waals surface area contributed by atoms with Crippen LogP contribution in [0.1, 0.15) is 18.4 Å². The molecule has 2 rings (SSSR count). The van der Waals surface area contributed by atoms with Crippen LogP contribution in [0.3, 0.4) is 0 Å². The largest absolute Gasteiger partial charge is 0.378 e. The minimum atomic E-state index is -0.237. The Kier molecular flexibility index (Phi) is 3.44. The molecule has 1 atom stereocenters. The molecule has 0 amide bonds. The van der Waals surface area contributed by atoms with E-state index in [2.05, 4.69) is 28.1 Å². The third kappa shape index (κ3) is 2.25. The van der Waals surface area contributed by atoms with Crippen molar-refractivity contribution in [3.8, 4) is 0 Å². The van der Waals surface area contributed by atoms with E-state index in [-0.39, 0.29) is 5.60 Å². The fourth-order valence-corrected chi connectivity index (χ4v) is 2.29. The Hall–Kier alpha value is -0.380. The first-order valence-corrected chi connectivity index (χ1v) is 5.95. The molecule has 1 aliphatic heterocycles. The molecule has 15 heavy (non-hydrogen) atoms. The maximum absolute atomic E-state index is 5.66. The number of benzene rings is 1. The summed E-state index contributed by atoms with van der Waals surface area (Å²) in [6.45, 7) is 1.51. The molecule has 0 N–H and O–H groups in total.